The summed E-state index contributed by atoms with van der Waals surface area (Å²) in [6.45, 7) is 13.2. The van der Waals surface area contributed by atoms with Gasteiger partial charge in [0, 0.05) is 40.3 Å². The van der Waals surface area contributed by atoms with E-state index in [0.29, 0.717) is 131 Å². The molecule has 0 fully saturated rings. The second kappa shape index (κ2) is 36.9. The standard InChI is InChI=1S/C37H66O18/c1-31(20-50-25-32(22-40-4)23-48-18-16-46-14-12-44-10-8-38-2)21-51-26-33(24-49-19-17-47-15-13-45-11-9-39-3)27-52-29-35-54-36(55-35)30-53-37(43-7)34(42-6)28-41-5/h29-30,32-33H,1,8-28H2,2-7H3. The van der Waals surface area contributed by atoms with Crippen LogP contribution in [0.4, 0.5) is 0 Å². The zero-order chi connectivity index (χ0) is 40.0. The van der Waals surface area contributed by atoms with E-state index in [1.807, 2.05) is 0 Å². The SMILES string of the molecule is C=C(COCC(COC)COCCOCCOCCOC)COCC(COC=c1oc(=COC(OC)=C(COC)OC)o1)COCCOCCOCCOC. The summed E-state index contributed by atoms with van der Waals surface area (Å²) in [5.74, 6) is 0.393. The molecule has 1 rings (SSSR count). The van der Waals surface area contributed by atoms with Crippen LogP contribution in [0.15, 0.2) is 32.7 Å². The summed E-state index contributed by atoms with van der Waals surface area (Å²) >= 11 is 0. The van der Waals surface area contributed by atoms with Gasteiger partial charge in [-0.15, -0.1) is 0 Å². The van der Waals surface area contributed by atoms with Crippen molar-refractivity contribution in [1.82, 2.24) is 0 Å². The van der Waals surface area contributed by atoms with E-state index in [1.165, 1.54) is 33.9 Å². The van der Waals surface area contributed by atoms with Crippen molar-refractivity contribution in [3.05, 3.63) is 35.1 Å². The highest BCUT2D eigenvalue weighted by atomic mass is 16.7. The largest absolute Gasteiger partial charge is 0.493 e. The fraction of sp³-hybridized carbons (Fsp3) is 0.784. The third kappa shape index (κ3) is 28.3. The molecule has 18 heteroatoms. The molecule has 0 aromatic carbocycles. The van der Waals surface area contributed by atoms with Gasteiger partial charge in [-0.2, -0.15) is 0 Å². The number of rotatable bonds is 41. The lowest BCUT2D eigenvalue weighted by molar-refractivity contribution is -0.0226. The highest BCUT2D eigenvalue weighted by molar-refractivity contribution is 5.08. The van der Waals surface area contributed by atoms with E-state index in [0.717, 1.165) is 5.57 Å². The first-order valence-electron chi connectivity index (χ1n) is 18.1. The Morgan fingerprint density at radius 1 is 0.473 bits per heavy atom. The molecule has 0 N–H and O–H groups in total. The van der Waals surface area contributed by atoms with Crippen molar-refractivity contribution in [3.63, 3.8) is 0 Å². The molecule has 0 saturated heterocycles. The summed E-state index contributed by atoms with van der Waals surface area (Å²) < 4.78 is 97.9. The quantitative estimate of drug-likeness (QED) is 0.0527. The molecule has 2 atom stereocenters. The van der Waals surface area contributed by atoms with Gasteiger partial charge < -0.3 is 84.6 Å². The van der Waals surface area contributed by atoms with Gasteiger partial charge in [-0.05, 0) is 5.57 Å². The van der Waals surface area contributed by atoms with Crippen LogP contribution in [0.1, 0.15) is 0 Å². The van der Waals surface area contributed by atoms with Crippen LogP contribution in [0, 0.1) is 11.8 Å². The summed E-state index contributed by atoms with van der Waals surface area (Å²) in [5.41, 5.74) is 1.04. The lowest BCUT2D eigenvalue weighted by atomic mass is 10.2. The Labute approximate surface area is 325 Å². The molecule has 55 heavy (non-hydrogen) atoms. The average molecular weight is 799 g/mol. The summed E-state index contributed by atoms with van der Waals surface area (Å²) in [6, 6.07) is 0. The monoisotopic (exact) mass is 798 g/mol. The van der Waals surface area contributed by atoms with Crippen LogP contribution in [0.5, 0.6) is 0 Å². The molecule has 0 radical (unpaired) electrons. The Kier molecular flexibility index (Phi) is 33.7. The van der Waals surface area contributed by atoms with Crippen molar-refractivity contribution in [3.8, 4) is 0 Å². The first-order chi connectivity index (χ1) is 27.0. The Hall–Kier alpha value is -2.72. The van der Waals surface area contributed by atoms with Gasteiger partial charge >= 0.3 is 17.2 Å². The van der Waals surface area contributed by atoms with Gasteiger partial charge in [0.05, 0.1) is 146 Å². The summed E-state index contributed by atoms with van der Waals surface area (Å²) in [4.78, 5) is 0. The fourth-order valence-corrected chi connectivity index (χ4v) is 4.19. The summed E-state index contributed by atoms with van der Waals surface area (Å²) in [6.07, 6.45) is 2.59. The van der Waals surface area contributed by atoms with E-state index in [-0.39, 0.29) is 42.2 Å². The lowest BCUT2D eigenvalue weighted by Gasteiger charge is -2.19. The number of hydrogen-bond donors (Lipinski definition) is 0. The molecule has 0 spiro atoms. The topological polar surface area (TPSA) is 174 Å². The number of methoxy groups -OCH3 is 6. The molecule has 1 heterocycles. The maximum atomic E-state index is 5.95. The smallest absolute Gasteiger partial charge is 0.332 e. The predicted octanol–water partition coefficient (Wildman–Crippen LogP) is 1.35. The molecule has 0 saturated carbocycles. The zero-order valence-corrected chi connectivity index (χ0v) is 33.7. The van der Waals surface area contributed by atoms with Crippen LogP contribution in [0.3, 0.4) is 0 Å². The van der Waals surface area contributed by atoms with Gasteiger partial charge in [0.25, 0.3) is 0 Å². The highest BCUT2D eigenvalue weighted by Gasteiger charge is 2.14. The maximum Gasteiger partial charge on any atom is 0.332 e. The Bertz CT molecular complexity index is 1130. The Morgan fingerprint density at radius 3 is 1.38 bits per heavy atom. The molecule has 1 aromatic rings. The van der Waals surface area contributed by atoms with Crippen LogP contribution in [-0.2, 0) is 75.8 Å². The van der Waals surface area contributed by atoms with Crippen molar-refractivity contribution in [2.24, 2.45) is 11.8 Å². The van der Waals surface area contributed by atoms with E-state index < -0.39 is 0 Å². The second-order valence-corrected chi connectivity index (χ2v) is 11.6. The van der Waals surface area contributed by atoms with Crippen molar-refractivity contribution >= 4 is 12.5 Å². The van der Waals surface area contributed by atoms with Crippen LogP contribution >= 0.6 is 0 Å². The zero-order valence-electron chi connectivity index (χ0n) is 33.7. The molecule has 18 nitrogen and oxygen atoms in total. The number of hydrogen-bond acceptors (Lipinski definition) is 18. The minimum atomic E-state index is -0.126. The molecular formula is C37H66O18. The molecular weight excluding hydrogens is 732 g/mol. The van der Waals surface area contributed by atoms with Gasteiger partial charge in [0.2, 0.25) is 5.76 Å². The molecule has 322 valence electrons. The number of ether oxygens (including phenoxy) is 16. The van der Waals surface area contributed by atoms with Crippen LogP contribution in [0.25, 0.3) is 12.5 Å². The van der Waals surface area contributed by atoms with Gasteiger partial charge in [-0.25, -0.2) is 0 Å². The van der Waals surface area contributed by atoms with Gasteiger partial charge in [0.15, 0.2) is 12.5 Å². The molecule has 2 unspecified atom stereocenters. The van der Waals surface area contributed by atoms with Gasteiger partial charge in [-0.3, -0.25) is 0 Å². The normalized spacial score (nSPS) is 13.0. The maximum absolute atomic E-state index is 5.95. The molecule has 0 amide bonds. The van der Waals surface area contributed by atoms with Crippen molar-refractivity contribution in [2.75, 3.05) is 181 Å². The van der Waals surface area contributed by atoms with E-state index in [1.54, 1.807) is 21.3 Å². The summed E-state index contributed by atoms with van der Waals surface area (Å²) in [7, 11) is 9.36. The van der Waals surface area contributed by atoms with Crippen molar-refractivity contribution in [2.45, 2.75) is 0 Å². The van der Waals surface area contributed by atoms with E-state index in [2.05, 4.69) is 6.58 Å². The van der Waals surface area contributed by atoms with Gasteiger partial charge in [-0.1, -0.05) is 6.58 Å². The first kappa shape index (κ1) is 50.3. The van der Waals surface area contributed by atoms with Gasteiger partial charge in [0.1, 0.15) is 6.61 Å². The molecule has 0 aliphatic rings. The van der Waals surface area contributed by atoms with E-state index >= 15 is 0 Å². The van der Waals surface area contributed by atoms with Crippen molar-refractivity contribution < 1.29 is 84.6 Å². The van der Waals surface area contributed by atoms with E-state index in [4.69, 9.17) is 84.6 Å². The van der Waals surface area contributed by atoms with Crippen LogP contribution < -0.4 is 11.2 Å². The lowest BCUT2D eigenvalue weighted by Crippen LogP contribution is -2.25. The molecule has 0 aliphatic heterocycles. The fourth-order valence-electron chi connectivity index (χ4n) is 4.19. The van der Waals surface area contributed by atoms with Crippen LogP contribution in [-0.4, -0.2) is 181 Å². The Morgan fingerprint density at radius 2 is 0.927 bits per heavy atom. The second-order valence-electron chi connectivity index (χ2n) is 11.6. The third-order valence-corrected chi connectivity index (χ3v) is 6.89. The van der Waals surface area contributed by atoms with Crippen LogP contribution in [0.2, 0.25) is 0 Å². The third-order valence-electron chi connectivity index (χ3n) is 6.89. The average Bonchev–Trinajstić information content (AvgIpc) is 3.17. The molecule has 0 bridgehead atoms. The minimum absolute atomic E-state index is 0.0582. The molecule has 1 aromatic heterocycles. The minimum Gasteiger partial charge on any atom is -0.493 e. The highest BCUT2D eigenvalue weighted by Crippen LogP contribution is 2.09. The van der Waals surface area contributed by atoms with E-state index in [9.17, 15) is 0 Å². The first-order valence-corrected chi connectivity index (χ1v) is 18.1. The Balaban J connectivity index is 2.49. The summed E-state index contributed by atoms with van der Waals surface area (Å²) in [5, 5.41) is 0. The predicted molar refractivity (Wildman–Crippen MR) is 197 cm³/mol. The molecule has 0 aliphatic carbocycles. The van der Waals surface area contributed by atoms with Crippen molar-refractivity contribution in [1.29, 1.82) is 0 Å².